The van der Waals surface area contributed by atoms with Crippen molar-refractivity contribution in [2.45, 2.75) is 18.9 Å². The van der Waals surface area contributed by atoms with Crippen molar-refractivity contribution in [1.82, 2.24) is 25.3 Å². The van der Waals surface area contributed by atoms with Crippen LogP contribution in [-0.2, 0) is 0 Å². The summed E-state index contributed by atoms with van der Waals surface area (Å²) in [6, 6.07) is 0.599. The number of rotatable bonds is 2. The summed E-state index contributed by atoms with van der Waals surface area (Å²) in [6.07, 6.45) is 3.75. The zero-order valence-corrected chi connectivity index (χ0v) is 11.2. The fourth-order valence-corrected chi connectivity index (χ4v) is 3.69. The SMILES string of the molecule is c1nnc(-c2nnc(N3CCN4CCC3CC4)s2)o1. The van der Waals surface area contributed by atoms with Crippen molar-refractivity contribution in [3.63, 3.8) is 0 Å². The van der Waals surface area contributed by atoms with Gasteiger partial charge in [0.2, 0.25) is 16.5 Å². The van der Waals surface area contributed by atoms with Gasteiger partial charge in [0.1, 0.15) is 0 Å². The van der Waals surface area contributed by atoms with E-state index in [1.54, 1.807) is 0 Å². The highest BCUT2D eigenvalue weighted by molar-refractivity contribution is 7.18. The summed E-state index contributed by atoms with van der Waals surface area (Å²) >= 11 is 1.53. The number of nitrogens with zero attached hydrogens (tertiary/aromatic N) is 6. The first-order valence-corrected chi connectivity index (χ1v) is 7.31. The Labute approximate surface area is 114 Å². The lowest BCUT2D eigenvalue weighted by atomic mass is 10.1. The third-order valence-electron chi connectivity index (χ3n) is 3.86. The fraction of sp³-hybridized carbons (Fsp3) is 0.636. The number of anilines is 1. The fourth-order valence-electron chi connectivity index (χ4n) is 2.82. The second kappa shape index (κ2) is 4.53. The van der Waals surface area contributed by atoms with Crippen LogP contribution in [0.25, 0.3) is 10.9 Å². The van der Waals surface area contributed by atoms with E-state index < -0.39 is 0 Å². The molecule has 0 amide bonds. The van der Waals surface area contributed by atoms with Gasteiger partial charge in [-0.15, -0.1) is 20.4 Å². The van der Waals surface area contributed by atoms with Crippen LogP contribution in [0.5, 0.6) is 0 Å². The lowest BCUT2D eigenvalue weighted by Crippen LogP contribution is -2.37. The Bertz CT molecular complexity index is 547. The summed E-state index contributed by atoms with van der Waals surface area (Å²) < 4.78 is 5.17. The van der Waals surface area contributed by atoms with Crippen molar-refractivity contribution in [2.24, 2.45) is 0 Å². The van der Waals surface area contributed by atoms with E-state index in [1.165, 1.54) is 43.7 Å². The van der Waals surface area contributed by atoms with Crippen molar-refractivity contribution in [3.8, 4) is 10.9 Å². The molecule has 5 heterocycles. The molecule has 0 aliphatic carbocycles. The molecule has 3 aliphatic heterocycles. The Morgan fingerprint density at radius 2 is 2.00 bits per heavy atom. The van der Waals surface area contributed by atoms with Crippen LogP contribution in [0.2, 0.25) is 0 Å². The highest BCUT2D eigenvalue weighted by Crippen LogP contribution is 2.32. The zero-order chi connectivity index (χ0) is 12.7. The summed E-state index contributed by atoms with van der Waals surface area (Å²) in [5, 5.41) is 17.7. The third-order valence-corrected chi connectivity index (χ3v) is 4.81. The van der Waals surface area contributed by atoms with E-state index >= 15 is 0 Å². The monoisotopic (exact) mass is 278 g/mol. The molecule has 2 aromatic rings. The lowest BCUT2D eigenvalue weighted by molar-refractivity contribution is 0.250. The molecule has 2 aromatic heterocycles. The molecule has 0 atom stereocenters. The predicted octanol–water partition coefficient (Wildman–Crippen LogP) is 0.872. The molecule has 3 saturated heterocycles. The summed E-state index contributed by atoms with van der Waals surface area (Å²) in [7, 11) is 0. The summed E-state index contributed by atoms with van der Waals surface area (Å²) in [4.78, 5) is 4.92. The molecule has 8 heteroatoms. The average Bonchev–Trinajstić information content (AvgIpc) is 3.05. The number of fused-ring (bicyclic) bond motifs is 4. The van der Waals surface area contributed by atoms with E-state index in [9.17, 15) is 0 Å². The van der Waals surface area contributed by atoms with Crippen molar-refractivity contribution < 1.29 is 4.42 Å². The van der Waals surface area contributed by atoms with Gasteiger partial charge in [0.05, 0.1) is 0 Å². The van der Waals surface area contributed by atoms with Crippen LogP contribution in [0.3, 0.4) is 0 Å². The molecule has 19 heavy (non-hydrogen) atoms. The van der Waals surface area contributed by atoms with Crippen molar-refractivity contribution in [1.29, 1.82) is 0 Å². The van der Waals surface area contributed by atoms with Gasteiger partial charge in [-0.25, -0.2) is 0 Å². The largest absolute Gasteiger partial charge is 0.421 e. The second-order valence-corrected chi connectivity index (χ2v) is 5.86. The van der Waals surface area contributed by atoms with E-state index in [0.29, 0.717) is 16.9 Å². The summed E-state index contributed by atoms with van der Waals surface area (Å²) in [6.45, 7) is 4.56. The van der Waals surface area contributed by atoms with Gasteiger partial charge >= 0.3 is 0 Å². The van der Waals surface area contributed by atoms with Crippen molar-refractivity contribution in [2.75, 3.05) is 31.1 Å². The average molecular weight is 278 g/mol. The Balaban J connectivity index is 1.62. The van der Waals surface area contributed by atoms with Crippen LogP contribution in [0, 0.1) is 0 Å². The Kier molecular flexibility index (Phi) is 2.70. The van der Waals surface area contributed by atoms with Gasteiger partial charge in [0.15, 0.2) is 0 Å². The third kappa shape index (κ3) is 2.00. The first-order valence-electron chi connectivity index (χ1n) is 6.49. The quantitative estimate of drug-likeness (QED) is 0.807. The molecule has 3 fully saturated rings. The van der Waals surface area contributed by atoms with E-state index in [1.807, 2.05) is 0 Å². The molecule has 0 saturated carbocycles. The van der Waals surface area contributed by atoms with Crippen LogP contribution in [0.15, 0.2) is 10.8 Å². The smallest absolute Gasteiger partial charge is 0.278 e. The van der Waals surface area contributed by atoms with Gasteiger partial charge in [-0.3, -0.25) is 0 Å². The van der Waals surface area contributed by atoms with Gasteiger partial charge < -0.3 is 14.2 Å². The highest BCUT2D eigenvalue weighted by Gasteiger charge is 2.31. The number of hydrogen-bond donors (Lipinski definition) is 0. The lowest BCUT2D eigenvalue weighted by Gasteiger charge is -2.30. The highest BCUT2D eigenvalue weighted by atomic mass is 32.1. The molecule has 0 N–H and O–H groups in total. The van der Waals surface area contributed by atoms with Crippen LogP contribution >= 0.6 is 11.3 Å². The molecule has 0 aromatic carbocycles. The maximum atomic E-state index is 5.17. The minimum Gasteiger partial charge on any atom is -0.421 e. The summed E-state index contributed by atoms with van der Waals surface area (Å²) in [5.41, 5.74) is 0. The van der Waals surface area contributed by atoms with Crippen LogP contribution < -0.4 is 4.90 Å². The van der Waals surface area contributed by atoms with Crippen molar-refractivity contribution >= 4 is 16.5 Å². The standard InChI is InChI=1S/C11H14N6OS/c1-3-16-4-2-8(1)17(6-5-16)11-15-14-10(19-11)9-13-12-7-18-9/h7-8H,1-6H2. The normalized spacial score (nSPS) is 26.6. The van der Waals surface area contributed by atoms with Crippen LogP contribution in [-0.4, -0.2) is 57.5 Å². The molecule has 7 nitrogen and oxygen atoms in total. The van der Waals surface area contributed by atoms with Gasteiger partial charge in [-0.2, -0.15) is 0 Å². The van der Waals surface area contributed by atoms with E-state index in [0.717, 1.165) is 18.2 Å². The number of hydrogen-bond acceptors (Lipinski definition) is 8. The first kappa shape index (κ1) is 11.3. The Morgan fingerprint density at radius 3 is 2.79 bits per heavy atom. The number of aromatic nitrogens is 4. The molecular formula is C11H14N6OS. The molecule has 100 valence electrons. The van der Waals surface area contributed by atoms with Crippen LogP contribution in [0.1, 0.15) is 12.8 Å². The molecule has 0 spiro atoms. The van der Waals surface area contributed by atoms with Gasteiger partial charge in [-0.05, 0) is 12.8 Å². The van der Waals surface area contributed by atoms with Gasteiger partial charge in [-0.1, -0.05) is 11.3 Å². The minimum absolute atomic E-state index is 0.451. The van der Waals surface area contributed by atoms with E-state index in [-0.39, 0.29) is 0 Å². The molecule has 3 aliphatic rings. The van der Waals surface area contributed by atoms with Gasteiger partial charge in [0.25, 0.3) is 5.89 Å². The Morgan fingerprint density at radius 1 is 1.11 bits per heavy atom. The maximum absolute atomic E-state index is 5.17. The van der Waals surface area contributed by atoms with E-state index in [2.05, 4.69) is 30.2 Å². The minimum atomic E-state index is 0.451. The predicted molar refractivity (Wildman–Crippen MR) is 70.0 cm³/mol. The van der Waals surface area contributed by atoms with E-state index in [4.69, 9.17) is 4.42 Å². The topological polar surface area (TPSA) is 71.2 Å². The maximum Gasteiger partial charge on any atom is 0.278 e. The summed E-state index contributed by atoms with van der Waals surface area (Å²) in [5.74, 6) is 0.451. The molecule has 2 bridgehead atoms. The molecule has 0 radical (unpaired) electrons. The van der Waals surface area contributed by atoms with Crippen molar-refractivity contribution in [3.05, 3.63) is 6.39 Å². The Hall–Kier alpha value is -1.54. The first-order chi connectivity index (χ1) is 9.40. The molecular weight excluding hydrogens is 264 g/mol. The second-order valence-electron chi connectivity index (χ2n) is 4.90. The van der Waals surface area contributed by atoms with Crippen LogP contribution in [0.4, 0.5) is 5.13 Å². The van der Waals surface area contributed by atoms with Gasteiger partial charge in [0, 0.05) is 32.2 Å². The number of piperidine rings is 1. The zero-order valence-electron chi connectivity index (χ0n) is 10.4. The molecule has 5 rings (SSSR count). The molecule has 0 unspecified atom stereocenters.